The van der Waals surface area contributed by atoms with Gasteiger partial charge in [-0.3, -0.25) is 4.98 Å². The van der Waals surface area contributed by atoms with Crippen molar-refractivity contribution >= 4 is 11.4 Å². The average molecular weight is 225 g/mol. The molecule has 0 unspecified atom stereocenters. The van der Waals surface area contributed by atoms with Gasteiger partial charge < -0.3 is 10.6 Å². The lowest BCUT2D eigenvalue weighted by molar-refractivity contribution is 0.731. The van der Waals surface area contributed by atoms with Crippen LogP contribution in [0.5, 0.6) is 0 Å². The van der Waals surface area contributed by atoms with Crippen molar-refractivity contribution in [3.63, 3.8) is 0 Å². The number of aromatic nitrogens is 1. The molecule has 0 fully saturated rings. The summed E-state index contributed by atoms with van der Waals surface area (Å²) >= 11 is 0. The fraction of sp³-hybridized carbons (Fsp3) is 0.214. The number of anilines is 2. The Morgan fingerprint density at radius 3 is 2.76 bits per heavy atom. The lowest BCUT2D eigenvalue weighted by Crippen LogP contribution is -2.30. The molecule has 86 valence electrons. The van der Waals surface area contributed by atoms with E-state index in [-0.39, 0.29) is 0 Å². The third-order valence-corrected chi connectivity index (χ3v) is 3.30. The van der Waals surface area contributed by atoms with Crippen LogP contribution in [0, 0.1) is 0 Å². The second-order valence-corrected chi connectivity index (χ2v) is 4.37. The van der Waals surface area contributed by atoms with E-state index >= 15 is 0 Å². The molecule has 1 aliphatic rings. The first-order valence-electron chi connectivity index (χ1n) is 5.86. The van der Waals surface area contributed by atoms with Gasteiger partial charge in [-0.2, -0.15) is 0 Å². The number of nitrogen functional groups attached to an aromatic ring is 1. The fourth-order valence-corrected chi connectivity index (χ4v) is 2.36. The quantitative estimate of drug-likeness (QED) is 0.809. The van der Waals surface area contributed by atoms with E-state index in [4.69, 9.17) is 5.73 Å². The lowest BCUT2D eigenvalue weighted by Gasteiger charge is -2.31. The van der Waals surface area contributed by atoms with Crippen LogP contribution in [0.3, 0.4) is 0 Å². The number of nitrogens with zero attached hydrogens (tertiary/aromatic N) is 2. The number of hydrogen-bond donors (Lipinski definition) is 1. The summed E-state index contributed by atoms with van der Waals surface area (Å²) in [6.45, 7) is 1.93. The summed E-state index contributed by atoms with van der Waals surface area (Å²) in [5.41, 5.74) is 10.7. The predicted molar refractivity (Wildman–Crippen MR) is 69.8 cm³/mol. The number of rotatable bonds is 1. The molecule has 2 heterocycles. The van der Waals surface area contributed by atoms with E-state index < -0.39 is 0 Å². The van der Waals surface area contributed by atoms with E-state index in [1.165, 1.54) is 11.1 Å². The van der Waals surface area contributed by atoms with Crippen molar-refractivity contribution < 1.29 is 0 Å². The van der Waals surface area contributed by atoms with Gasteiger partial charge in [0, 0.05) is 19.3 Å². The number of pyridine rings is 1. The van der Waals surface area contributed by atoms with Gasteiger partial charge in [0.15, 0.2) is 0 Å². The van der Waals surface area contributed by atoms with E-state index in [9.17, 15) is 0 Å². The Balaban J connectivity index is 1.92. The van der Waals surface area contributed by atoms with Crippen molar-refractivity contribution in [2.45, 2.75) is 13.0 Å². The number of nitrogens with two attached hydrogens (primary N) is 1. The van der Waals surface area contributed by atoms with Gasteiger partial charge in [-0.05, 0) is 23.6 Å². The van der Waals surface area contributed by atoms with Crippen LogP contribution in [0.25, 0.3) is 0 Å². The minimum atomic E-state index is 0.805. The zero-order valence-electron chi connectivity index (χ0n) is 9.63. The second-order valence-electron chi connectivity index (χ2n) is 4.37. The molecule has 0 bridgehead atoms. The molecule has 3 rings (SSSR count). The molecule has 1 aliphatic heterocycles. The van der Waals surface area contributed by atoms with E-state index in [0.717, 1.165) is 30.9 Å². The highest BCUT2D eigenvalue weighted by molar-refractivity contribution is 5.66. The van der Waals surface area contributed by atoms with Crippen LogP contribution in [0.2, 0.25) is 0 Å². The van der Waals surface area contributed by atoms with Crippen molar-refractivity contribution in [2.24, 2.45) is 0 Å². The number of benzene rings is 1. The maximum Gasteiger partial charge on any atom is 0.0789 e. The molecular formula is C14H15N3. The molecule has 0 amide bonds. The summed E-state index contributed by atoms with van der Waals surface area (Å²) in [5, 5.41) is 0. The van der Waals surface area contributed by atoms with Crippen molar-refractivity contribution in [1.29, 1.82) is 0 Å². The van der Waals surface area contributed by atoms with Crippen LogP contribution in [0.4, 0.5) is 11.4 Å². The molecule has 2 aromatic rings. The molecule has 3 nitrogen and oxygen atoms in total. The van der Waals surface area contributed by atoms with Crippen molar-refractivity contribution in [2.75, 3.05) is 17.2 Å². The molecule has 0 radical (unpaired) electrons. The summed E-state index contributed by atoms with van der Waals surface area (Å²) in [5.74, 6) is 0. The zero-order chi connectivity index (χ0) is 11.7. The maximum absolute atomic E-state index is 5.99. The standard InChI is InChI=1S/C14H15N3/c15-13-5-7-16-9-14(13)17-8-6-11-3-1-2-4-12(11)10-17/h1-5,7,9H,6,8,10H2,(H2,15,16). The van der Waals surface area contributed by atoms with Gasteiger partial charge >= 0.3 is 0 Å². The van der Waals surface area contributed by atoms with Gasteiger partial charge in [-0.15, -0.1) is 0 Å². The number of fused-ring (bicyclic) bond motifs is 1. The maximum atomic E-state index is 5.99. The summed E-state index contributed by atoms with van der Waals surface area (Å²) in [4.78, 5) is 6.45. The van der Waals surface area contributed by atoms with Crippen LogP contribution in [-0.2, 0) is 13.0 Å². The Labute approximate surface area is 101 Å². The van der Waals surface area contributed by atoms with Gasteiger partial charge in [0.1, 0.15) is 0 Å². The highest BCUT2D eigenvalue weighted by Gasteiger charge is 2.17. The third-order valence-electron chi connectivity index (χ3n) is 3.30. The van der Waals surface area contributed by atoms with E-state index in [0.29, 0.717) is 0 Å². The van der Waals surface area contributed by atoms with Crippen LogP contribution < -0.4 is 10.6 Å². The Morgan fingerprint density at radius 2 is 1.94 bits per heavy atom. The number of hydrogen-bond acceptors (Lipinski definition) is 3. The molecule has 0 saturated carbocycles. The van der Waals surface area contributed by atoms with E-state index in [1.807, 2.05) is 12.3 Å². The molecular weight excluding hydrogens is 210 g/mol. The average Bonchev–Trinajstić information content (AvgIpc) is 2.39. The van der Waals surface area contributed by atoms with Crippen molar-refractivity contribution in [3.05, 3.63) is 53.9 Å². The first-order valence-corrected chi connectivity index (χ1v) is 5.86. The zero-order valence-corrected chi connectivity index (χ0v) is 9.63. The summed E-state index contributed by atoms with van der Waals surface area (Å²) in [6.07, 6.45) is 4.66. The van der Waals surface area contributed by atoms with Gasteiger partial charge in [0.05, 0.1) is 17.6 Å². The SMILES string of the molecule is Nc1ccncc1N1CCc2ccccc2C1. The van der Waals surface area contributed by atoms with Crippen LogP contribution in [0.1, 0.15) is 11.1 Å². The monoisotopic (exact) mass is 225 g/mol. The van der Waals surface area contributed by atoms with Crippen LogP contribution in [0.15, 0.2) is 42.7 Å². The summed E-state index contributed by atoms with van der Waals surface area (Å²) in [7, 11) is 0. The molecule has 0 saturated heterocycles. The van der Waals surface area contributed by atoms with Crippen molar-refractivity contribution in [1.82, 2.24) is 4.98 Å². The Bertz CT molecular complexity index is 536. The Hall–Kier alpha value is -2.03. The van der Waals surface area contributed by atoms with E-state index in [2.05, 4.69) is 34.1 Å². The molecule has 1 aromatic heterocycles. The van der Waals surface area contributed by atoms with Gasteiger partial charge in [0.2, 0.25) is 0 Å². The second kappa shape index (κ2) is 4.09. The molecule has 3 heteroatoms. The minimum absolute atomic E-state index is 0.805. The normalized spacial score (nSPS) is 14.5. The Kier molecular flexibility index (Phi) is 2.44. The minimum Gasteiger partial charge on any atom is -0.397 e. The first kappa shape index (κ1) is 10.1. The third kappa shape index (κ3) is 1.84. The van der Waals surface area contributed by atoms with Gasteiger partial charge in [-0.1, -0.05) is 24.3 Å². The fourth-order valence-electron chi connectivity index (χ4n) is 2.36. The van der Waals surface area contributed by atoms with Crippen molar-refractivity contribution in [3.8, 4) is 0 Å². The molecule has 1 aromatic carbocycles. The lowest BCUT2D eigenvalue weighted by atomic mass is 9.99. The topological polar surface area (TPSA) is 42.1 Å². The highest BCUT2D eigenvalue weighted by Crippen LogP contribution is 2.27. The van der Waals surface area contributed by atoms with Gasteiger partial charge in [0.25, 0.3) is 0 Å². The van der Waals surface area contributed by atoms with Crippen LogP contribution >= 0.6 is 0 Å². The first-order chi connectivity index (χ1) is 8.34. The van der Waals surface area contributed by atoms with E-state index in [1.54, 1.807) is 6.20 Å². The smallest absolute Gasteiger partial charge is 0.0789 e. The van der Waals surface area contributed by atoms with Crippen LogP contribution in [-0.4, -0.2) is 11.5 Å². The predicted octanol–water partition coefficient (Wildman–Crippen LogP) is 2.23. The molecule has 0 aliphatic carbocycles. The molecule has 2 N–H and O–H groups in total. The molecule has 17 heavy (non-hydrogen) atoms. The summed E-state index contributed by atoms with van der Waals surface area (Å²) in [6, 6.07) is 10.4. The molecule has 0 spiro atoms. The highest BCUT2D eigenvalue weighted by atomic mass is 15.1. The Morgan fingerprint density at radius 1 is 1.12 bits per heavy atom. The summed E-state index contributed by atoms with van der Waals surface area (Å²) < 4.78 is 0. The largest absolute Gasteiger partial charge is 0.397 e. The van der Waals surface area contributed by atoms with Gasteiger partial charge in [-0.25, -0.2) is 0 Å². The molecule has 0 atom stereocenters.